The molecule has 1 N–H and O–H groups in total. The molecule has 0 saturated carbocycles. The molecule has 1 aliphatic rings. The van der Waals surface area contributed by atoms with E-state index in [0.29, 0.717) is 31.0 Å². The van der Waals surface area contributed by atoms with E-state index in [1.54, 1.807) is 35.2 Å². The number of carbonyl (C=O) groups is 2. The van der Waals surface area contributed by atoms with E-state index in [1.807, 2.05) is 30.3 Å². The molecule has 1 heterocycles. The Kier molecular flexibility index (Phi) is 6.26. The van der Waals surface area contributed by atoms with Gasteiger partial charge in [0.15, 0.2) is 0 Å². The fourth-order valence-electron chi connectivity index (χ4n) is 3.17. The number of carbonyl (C=O) groups excluding carboxylic acids is 2. The van der Waals surface area contributed by atoms with Crippen LogP contribution >= 0.6 is 0 Å². The van der Waals surface area contributed by atoms with Crippen molar-refractivity contribution in [1.29, 1.82) is 0 Å². The van der Waals surface area contributed by atoms with E-state index in [4.69, 9.17) is 4.74 Å². The number of benzene rings is 2. The summed E-state index contributed by atoms with van der Waals surface area (Å²) in [6, 6.07) is 16.5. The summed E-state index contributed by atoms with van der Waals surface area (Å²) >= 11 is 0. The van der Waals surface area contributed by atoms with E-state index in [-0.39, 0.29) is 17.7 Å². The highest BCUT2D eigenvalue weighted by atomic mass is 16.5. The third kappa shape index (κ3) is 4.97. The molecule has 2 aromatic rings. The van der Waals surface area contributed by atoms with E-state index in [0.717, 1.165) is 18.5 Å². The van der Waals surface area contributed by atoms with Crippen LogP contribution in [-0.4, -0.2) is 36.4 Å². The third-order valence-electron chi connectivity index (χ3n) is 4.59. The Hall–Kier alpha value is -3.08. The van der Waals surface area contributed by atoms with E-state index in [2.05, 4.69) is 11.9 Å². The molecule has 1 atom stereocenters. The maximum absolute atomic E-state index is 12.8. The van der Waals surface area contributed by atoms with Gasteiger partial charge in [0, 0.05) is 24.3 Å². The van der Waals surface area contributed by atoms with Gasteiger partial charge in [-0.2, -0.15) is 0 Å². The number of amides is 2. The van der Waals surface area contributed by atoms with E-state index in [9.17, 15) is 9.59 Å². The Bertz CT molecular complexity index is 787. The summed E-state index contributed by atoms with van der Waals surface area (Å²) in [5.41, 5.74) is 1.38. The molecule has 1 unspecified atom stereocenters. The fourth-order valence-corrected chi connectivity index (χ4v) is 3.17. The second-order valence-electron chi connectivity index (χ2n) is 6.57. The molecule has 1 aliphatic heterocycles. The van der Waals surface area contributed by atoms with Crippen LogP contribution in [0.25, 0.3) is 0 Å². The molecule has 5 heteroatoms. The fraction of sp³-hybridized carbons (Fsp3) is 0.273. The SMILES string of the molecule is C=CCOc1ccc(C(=O)N2CCCC(C(=O)Nc3ccccc3)C2)cc1. The zero-order chi connectivity index (χ0) is 19.1. The van der Waals surface area contributed by atoms with Gasteiger partial charge in [-0.3, -0.25) is 9.59 Å². The maximum Gasteiger partial charge on any atom is 0.253 e. The van der Waals surface area contributed by atoms with Crippen molar-refractivity contribution in [2.45, 2.75) is 12.8 Å². The van der Waals surface area contributed by atoms with Crippen LogP contribution in [0.5, 0.6) is 5.75 Å². The lowest BCUT2D eigenvalue weighted by molar-refractivity contribution is -0.121. The van der Waals surface area contributed by atoms with Crippen molar-refractivity contribution >= 4 is 17.5 Å². The van der Waals surface area contributed by atoms with Gasteiger partial charge >= 0.3 is 0 Å². The molecule has 0 radical (unpaired) electrons. The number of hydrogen-bond acceptors (Lipinski definition) is 3. The number of likely N-dealkylation sites (tertiary alicyclic amines) is 1. The van der Waals surface area contributed by atoms with Gasteiger partial charge in [0.05, 0.1) is 5.92 Å². The van der Waals surface area contributed by atoms with Crippen LogP contribution < -0.4 is 10.1 Å². The van der Waals surface area contributed by atoms with Gasteiger partial charge in [-0.15, -0.1) is 0 Å². The van der Waals surface area contributed by atoms with Crippen molar-refractivity contribution in [2.75, 3.05) is 25.0 Å². The number of rotatable bonds is 6. The molecule has 3 rings (SSSR count). The van der Waals surface area contributed by atoms with Crippen LogP contribution in [0.1, 0.15) is 23.2 Å². The Labute approximate surface area is 159 Å². The Morgan fingerprint density at radius 1 is 1.15 bits per heavy atom. The van der Waals surface area contributed by atoms with Crippen molar-refractivity contribution in [3.63, 3.8) is 0 Å². The van der Waals surface area contributed by atoms with Crippen LogP contribution in [0.2, 0.25) is 0 Å². The van der Waals surface area contributed by atoms with E-state index < -0.39 is 0 Å². The summed E-state index contributed by atoms with van der Waals surface area (Å²) in [6.07, 6.45) is 3.28. The number of ether oxygens (including phenoxy) is 1. The molecule has 0 aromatic heterocycles. The maximum atomic E-state index is 12.8. The Morgan fingerprint density at radius 2 is 1.89 bits per heavy atom. The molecular weight excluding hydrogens is 340 g/mol. The minimum atomic E-state index is -0.196. The predicted molar refractivity (Wildman–Crippen MR) is 106 cm³/mol. The van der Waals surface area contributed by atoms with Crippen LogP contribution in [-0.2, 0) is 4.79 Å². The normalized spacial score (nSPS) is 16.4. The topological polar surface area (TPSA) is 58.6 Å². The predicted octanol–water partition coefficient (Wildman–Crippen LogP) is 3.74. The molecule has 27 heavy (non-hydrogen) atoms. The standard InChI is InChI=1S/C22H24N2O3/c1-2-15-27-20-12-10-17(11-13-20)22(26)24-14-6-7-18(16-24)21(25)23-19-8-4-3-5-9-19/h2-5,8-13,18H,1,6-7,14-16H2,(H,23,25). The molecule has 1 saturated heterocycles. The molecule has 140 valence electrons. The van der Waals surface area contributed by atoms with Crippen molar-refractivity contribution < 1.29 is 14.3 Å². The molecule has 5 nitrogen and oxygen atoms in total. The molecule has 1 fully saturated rings. The highest BCUT2D eigenvalue weighted by Crippen LogP contribution is 2.21. The van der Waals surface area contributed by atoms with Gasteiger partial charge in [0.2, 0.25) is 5.91 Å². The molecule has 2 amide bonds. The average Bonchev–Trinajstić information content (AvgIpc) is 2.73. The third-order valence-corrected chi connectivity index (χ3v) is 4.59. The number of para-hydroxylation sites is 1. The monoisotopic (exact) mass is 364 g/mol. The molecular formula is C22H24N2O3. The van der Waals surface area contributed by atoms with Crippen molar-refractivity contribution in [2.24, 2.45) is 5.92 Å². The number of nitrogens with zero attached hydrogens (tertiary/aromatic N) is 1. The van der Waals surface area contributed by atoms with Gasteiger partial charge in [0.25, 0.3) is 5.91 Å². The molecule has 0 spiro atoms. The lowest BCUT2D eigenvalue weighted by Crippen LogP contribution is -2.43. The number of hydrogen-bond donors (Lipinski definition) is 1. The minimum Gasteiger partial charge on any atom is -0.490 e. The highest BCUT2D eigenvalue weighted by Gasteiger charge is 2.29. The highest BCUT2D eigenvalue weighted by molar-refractivity contribution is 5.96. The summed E-state index contributed by atoms with van der Waals surface area (Å²) in [4.78, 5) is 27.1. The smallest absolute Gasteiger partial charge is 0.253 e. The average molecular weight is 364 g/mol. The first-order valence-electron chi connectivity index (χ1n) is 9.16. The first-order chi connectivity index (χ1) is 13.2. The van der Waals surface area contributed by atoms with Crippen LogP contribution in [0.3, 0.4) is 0 Å². The Morgan fingerprint density at radius 3 is 2.59 bits per heavy atom. The van der Waals surface area contributed by atoms with E-state index in [1.165, 1.54) is 0 Å². The van der Waals surface area contributed by atoms with Gasteiger partial charge in [-0.1, -0.05) is 30.9 Å². The van der Waals surface area contributed by atoms with E-state index >= 15 is 0 Å². The van der Waals surface area contributed by atoms with Gasteiger partial charge in [-0.05, 0) is 49.2 Å². The first-order valence-corrected chi connectivity index (χ1v) is 9.16. The first kappa shape index (κ1) is 18.7. The summed E-state index contributed by atoms with van der Waals surface area (Å²) in [7, 11) is 0. The Balaban J connectivity index is 1.60. The number of anilines is 1. The van der Waals surface area contributed by atoms with Gasteiger partial charge in [-0.25, -0.2) is 0 Å². The van der Waals surface area contributed by atoms with Crippen LogP contribution in [0.15, 0.2) is 67.3 Å². The number of nitrogens with one attached hydrogen (secondary N) is 1. The molecule has 0 bridgehead atoms. The summed E-state index contributed by atoms with van der Waals surface area (Å²) in [6.45, 7) is 5.15. The van der Waals surface area contributed by atoms with Crippen molar-refractivity contribution in [3.05, 3.63) is 72.8 Å². The zero-order valence-corrected chi connectivity index (χ0v) is 15.3. The second kappa shape index (κ2) is 9.03. The van der Waals surface area contributed by atoms with Gasteiger partial charge < -0.3 is 15.0 Å². The minimum absolute atomic E-state index is 0.0353. The summed E-state index contributed by atoms with van der Waals surface area (Å²) in [5.74, 6) is 0.415. The summed E-state index contributed by atoms with van der Waals surface area (Å²) in [5, 5.41) is 2.94. The quantitative estimate of drug-likeness (QED) is 0.795. The molecule has 2 aromatic carbocycles. The second-order valence-corrected chi connectivity index (χ2v) is 6.57. The number of piperidine rings is 1. The van der Waals surface area contributed by atoms with Crippen LogP contribution in [0, 0.1) is 5.92 Å². The largest absolute Gasteiger partial charge is 0.490 e. The summed E-state index contributed by atoms with van der Waals surface area (Å²) < 4.78 is 5.44. The zero-order valence-electron chi connectivity index (χ0n) is 15.3. The van der Waals surface area contributed by atoms with Crippen LogP contribution in [0.4, 0.5) is 5.69 Å². The lowest BCUT2D eigenvalue weighted by atomic mass is 9.96. The van der Waals surface area contributed by atoms with Gasteiger partial charge in [0.1, 0.15) is 12.4 Å². The lowest BCUT2D eigenvalue weighted by Gasteiger charge is -2.32. The van der Waals surface area contributed by atoms with Crippen molar-refractivity contribution in [3.8, 4) is 5.75 Å². The van der Waals surface area contributed by atoms with Crippen molar-refractivity contribution in [1.82, 2.24) is 4.90 Å². The molecule has 0 aliphatic carbocycles.